The van der Waals surface area contributed by atoms with Gasteiger partial charge in [-0.15, -0.1) is 0 Å². The number of carbonyl (C=O) groups is 1. The fraction of sp³-hybridized carbons (Fsp3) is 0.133. The van der Waals surface area contributed by atoms with Crippen LogP contribution in [0.2, 0.25) is 0 Å². The van der Waals surface area contributed by atoms with Gasteiger partial charge in [0.15, 0.2) is 5.78 Å². The van der Waals surface area contributed by atoms with E-state index < -0.39 is 11.9 Å². The Kier molecular flexibility index (Phi) is 4.42. The predicted molar refractivity (Wildman–Crippen MR) is 80.8 cm³/mol. The molecule has 0 aliphatic rings. The van der Waals surface area contributed by atoms with Crippen molar-refractivity contribution in [1.29, 1.82) is 0 Å². The molecule has 0 heterocycles. The summed E-state index contributed by atoms with van der Waals surface area (Å²) in [5, 5.41) is 10.1. The Bertz CT molecular complexity index is 629. The third-order valence-electron chi connectivity index (χ3n) is 2.95. The Balaban J connectivity index is 2.37. The summed E-state index contributed by atoms with van der Waals surface area (Å²) >= 11 is 3.30. The summed E-state index contributed by atoms with van der Waals surface area (Å²) in [7, 11) is 1.51. The first-order chi connectivity index (χ1) is 9.54. The van der Waals surface area contributed by atoms with Gasteiger partial charge < -0.3 is 15.6 Å². The number of halogens is 1. The van der Waals surface area contributed by atoms with E-state index in [1.807, 2.05) is 6.07 Å². The fourth-order valence-corrected chi connectivity index (χ4v) is 2.38. The Hall–Kier alpha value is -1.85. The van der Waals surface area contributed by atoms with E-state index in [1.165, 1.54) is 7.11 Å². The summed E-state index contributed by atoms with van der Waals surface area (Å²) in [5.74, 6) is 0.0882. The Morgan fingerprint density at radius 1 is 1.30 bits per heavy atom. The average molecular weight is 336 g/mol. The van der Waals surface area contributed by atoms with Crippen molar-refractivity contribution in [3.63, 3.8) is 0 Å². The van der Waals surface area contributed by atoms with Crippen LogP contribution in [0.5, 0.6) is 5.75 Å². The molecular weight excluding hydrogens is 322 g/mol. The van der Waals surface area contributed by atoms with Gasteiger partial charge in [-0.05, 0) is 27.6 Å². The molecule has 0 radical (unpaired) electrons. The quantitative estimate of drug-likeness (QED) is 0.665. The molecule has 3 N–H and O–H groups in total. The molecule has 0 bridgehead atoms. The number of hydrogen-bond acceptors (Lipinski definition) is 4. The Labute approximate surface area is 125 Å². The van der Waals surface area contributed by atoms with Gasteiger partial charge in [0.1, 0.15) is 11.9 Å². The van der Waals surface area contributed by atoms with Crippen LogP contribution in [-0.4, -0.2) is 18.0 Å². The van der Waals surface area contributed by atoms with Crippen LogP contribution in [0.4, 0.5) is 5.69 Å². The molecule has 1 atom stereocenters. The number of ketones is 1. The lowest BCUT2D eigenvalue weighted by atomic mass is 9.99. The van der Waals surface area contributed by atoms with E-state index in [1.54, 1.807) is 36.4 Å². The molecule has 0 aromatic heterocycles. The maximum Gasteiger partial charge on any atom is 0.197 e. The molecule has 0 saturated carbocycles. The van der Waals surface area contributed by atoms with Crippen molar-refractivity contribution in [2.75, 3.05) is 12.8 Å². The second kappa shape index (κ2) is 6.07. The van der Waals surface area contributed by atoms with E-state index in [9.17, 15) is 9.90 Å². The lowest BCUT2D eigenvalue weighted by molar-refractivity contribution is 0.0748. The van der Waals surface area contributed by atoms with Gasteiger partial charge in [0.25, 0.3) is 0 Å². The highest BCUT2D eigenvalue weighted by Crippen LogP contribution is 2.32. The molecule has 20 heavy (non-hydrogen) atoms. The zero-order valence-electron chi connectivity index (χ0n) is 10.8. The summed E-state index contributed by atoms with van der Waals surface area (Å²) in [6.45, 7) is 0. The molecule has 2 aromatic rings. The van der Waals surface area contributed by atoms with Crippen LogP contribution in [0.1, 0.15) is 22.0 Å². The molecule has 0 fully saturated rings. The van der Waals surface area contributed by atoms with Gasteiger partial charge in [-0.3, -0.25) is 4.79 Å². The van der Waals surface area contributed by atoms with E-state index in [-0.39, 0.29) is 11.3 Å². The molecule has 1 unspecified atom stereocenters. The Morgan fingerprint density at radius 2 is 1.95 bits per heavy atom. The standard InChI is InChI=1S/C15H14BrNO3/c1-20-13-8-12(17)10(7-11(13)16)15(19)14(18)9-5-3-2-4-6-9/h2-8,14,18H,17H2,1H3. The molecule has 2 aromatic carbocycles. The number of aliphatic hydroxyl groups excluding tert-OH is 1. The summed E-state index contributed by atoms with van der Waals surface area (Å²) in [6, 6.07) is 11.8. The van der Waals surface area contributed by atoms with E-state index in [0.717, 1.165) is 0 Å². The number of benzene rings is 2. The highest BCUT2D eigenvalue weighted by atomic mass is 79.9. The zero-order valence-corrected chi connectivity index (χ0v) is 12.4. The summed E-state index contributed by atoms with van der Waals surface area (Å²) in [5.41, 5.74) is 6.91. The van der Waals surface area contributed by atoms with E-state index >= 15 is 0 Å². The summed E-state index contributed by atoms with van der Waals surface area (Å²) in [4.78, 5) is 12.3. The van der Waals surface area contributed by atoms with Crippen molar-refractivity contribution in [1.82, 2.24) is 0 Å². The van der Waals surface area contributed by atoms with Crippen molar-refractivity contribution in [3.05, 3.63) is 58.1 Å². The molecule has 4 nitrogen and oxygen atoms in total. The molecule has 0 aliphatic heterocycles. The van der Waals surface area contributed by atoms with Gasteiger partial charge in [-0.2, -0.15) is 0 Å². The van der Waals surface area contributed by atoms with Crippen LogP contribution >= 0.6 is 15.9 Å². The SMILES string of the molecule is COc1cc(N)c(C(=O)C(O)c2ccccc2)cc1Br. The summed E-state index contributed by atoms with van der Waals surface area (Å²) in [6.07, 6.45) is -1.24. The number of Topliss-reactive ketones (excluding diaryl/α,β-unsaturated/α-hetero) is 1. The molecule has 0 spiro atoms. The molecular formula is C15H14BrNO3. The number of rotatable bonds is 4. The minimum atomic E-state index is -1.24. The first kappa shape index (κ1) is 14.6. The van der Waals surface area contributed by atoms with E-state index in [4.69, 9.17) is 10.5 Å². The second-order valence-electron chi connectivity index (χ2n) is 4.25. The van der Waals surface area contributed by atoms with Crippen molar-refractivity contribution in [2.45, 2.75) is 6.10 Å². The number of methoxy groups -OCH3 is 1. The van der Waals surface area contributed by atoms with E-state index in [0.29, 0.717) is 15.8 Å². The highest BCUT2D eigenvalue weighted by Gasteiger charge is 2.22. The monoisotopic (exact) mass is 335 g/mol. The average Bonchev–Trinajstić information content (AvgIpc) is 2.48. The van der Waals surface area contributed by atoms with Crippen molar-refractivity contribution in [2.24, 2.45) is 0 Å². The van der Waals surface area contributed by atoms with Crippen molar-refractivity contribution in [3.8, 4) is 5.75 Å². The first-order valence-electron chi connectivity index (χ1n) is 5.95. The van der Waals surface area contributed by atoms with E-state index in [2.05, 4.69) is 15.9 Å². The molecule has 2 rings (SSSR count). The molecule has 104 valence electrons. The third kappa shape index (κ3) is 2.84. The lowest BCUT2D eigenvalue weighted by Gasteiger charge is -2.13. The largest absolute Gasteiger partial charge is 0.495 e. The predicted octanol–water partition coefficient (Wildman–Crippen LogP) is 2.96. The normalized spacial score (nSPS) is 11.9. The number of anilines is 1. The number of hydrogen-bond donors (Lipinski definition) is 2. The number of aliphatic hydroxyl groups is 1. The second-order valence-corrected chi connectivity index (χ2v) is 5.11. The molecule has 0 amide bonds. The van der Waals surface area contributed by atoms with Crippen molar-refractivity contribution < 1.29 is 14.6 Å². The van der Waals surface area contributed by atoms with Crippen LogP contribution in [0.25, 0.3) is 0 Å². The van der Waals surface area contributed by atoms with Gasteiger partial charge >= 0.3 is 0 Å². The summed E-state index contributed by atoms with van der Waals surface area (Å²) < 4.78 is 5.71. The van der Waals surface area contributed by atoms with Crippen LogP contribution in [-0.2, 0) is 0 Å². The van der Waals surface area contributed by atoms with Crippen LogP contribution in [0.3, 0.4) is 0 Å². The number of carbonyl (C=O) groups excluding carboxylic acids is 1. The topological polar surface area (TPSA) is 72.5 Å². The third-order valence-corrected chi connectivity index (χ3v) is 3.57. The zero-order chi connectivity index (χ0) is 14.7. The lowest BCUT2D eigenvalue weighted by Crippen LogP contribution is -2.14. The van der Waals surface area contributed by atoms with Crippen LogP contribution < -0.4 is 10.5 Å². The first-order valence-corrected chi connectivity index (χ1v) is 6.74. The Morgan fingerprint density at radius 3 is 2.55 bits per heavy atom. The minimum absolute atomic E-state index is 0.258. The van der Waals surface area contributed by atoms with Crippen LogP contribution in [0.15, 0.2) is 46.9 Å². The maximum atomic E-state index is 12.3. The molecule has 0 aliphatic carbocycles. The van der Waals surface area contributed by atoms with Crippen LogP contribution in [0, 0.1) is 0 Å². The van der Waals surface area contributed by atoms with Gasteiger partial charge in [0.2, 0.25) is 0 Å². The van der Waals surface area contributed by atoms with Gasteiger partial charge in [-0.25, -0.2) is 0 Å². The highest BCUT2D eigenvalue weighted by molar-refractivity contribution is 9.10. The van der Waals surface area contributed by atoms with Crippen molar-refractivity contribution >= 4 is 27.4 Å². The van der Waals surface area contributed by atoms with Gasteiger partial charge in [0, 0.05) is 17.3 Å². The number of nitrogen functional groups attached to an aromatic ring is 1. The maximum absolute atomic E-state index is 12.3. The fourth-order valence-electron chi connectivity index (χ4n) is 1.87. The number of ether oxygens (including phenoxy) is 1. The smallest absolute Gasteiger partial charge is 0.197 e. The van der Waals surface area contributed by atoms with Gasteiger partial charge in [-0.1, -0.05) is 30.3 Å². The minimum Gasteiger partial charge on any atom is -0.495 e. The number of nitrogens with two attached hydrogens (primary N) is 1. The van der Waals surface area contributed by atoms with Gasteiger partial charge in [0.05, 0.1) is 11.6 Å². The molecule has 0 saturated heterocycles. The molecule has 5 heteroatoms.